The highest BCUT2D eigenvalue weighted by Gasteiger charge is 2.25. The predicted molar refractivity (Wildman–Crippen MR) is 60.3 cm³/mol. The predicted octanol–water partition coefficient (Wildman–Crippen LogP) is 0.364. The van der Waals surface area contributed by atoms with Gasteiger partial charge in [0.05, 0.1) is 0 Å². The van der Waals surface area contributed by atoms with Gasteiger partial charge in [-0.05, 0) is 26.3 Å². The molecule has 15 heavy (non-hydrogen) atoms. The molecule has 0 bridgehead atoms. The lowest BCUT2D eigenvalue weighted by Crippen LogP contribution is -2.44. The molecular weight excluding hydrogens is 194 g/mol. The standard InChI is InChI=1S/C10H19N3O2/c1-10(12,9(14)15)5-3-2-4-7-13-8-6-11/h2-3,6,11,13H,4-5,7-8,12H2,1H3,(H,14,15)/b3-2-,11-6?/t10-/m0/s1. The molecule has 1 atom stereocenters. The van der Waals surface area contributed by atoms with Crippen molar-refractivity contribution < 1.29 is 9.90 Å². The summed E-state index contributed by atoms with van der Waals surface area (Å²) in [7, 11) is 0. The summed E-state index contributed by atoms with van der Waals surface area (Å²) in [5, 5.41) is 18.5. The van der Waals surface area contributed by atoms with E-state index in [1.54, 1.807) is 6.08 Å². The summed E-state index contributed by atoms with van der Waals surface area (Å²) in [5.41, 5.74) is 4.34. The Labute approximate surface area is 89.9 Å². The van der Waals surface area contributed by atoms with Gasteiger partial charge in [-0.1, -0.05) is 12.2 Å². The first-order valence-electron chi connectivity index (χ1n) is 4.87. The van der Waals surface area contributed by atoms with Crippen molar-refractivity contribution in [3.05, 3.63) is 12.2 Å². The molecule has 0 radical (unpaired) electrons. The molecule has 5 N–H and O–H groups in total. The number of nitrogens with two attached hydrogens (primary N) is 1. The topological polar surface area (TPSA) is 99.2 Å². The number of aliphatic carboxylic acids is 1. The molecule has 0 aromatic carbocycles. The second-order valence-electron chi connectivity index (χ2n) is 3.60. The maximum Gasteiger partial charge on any atom is 0.323 e. The van der Waals surface area contributed by atoms with E-state index in [4.69, 9.17) is 16.2 Å². The van der Waals surface area contributed by atoms with Crippen LogP contribution in [0.2, 0.25) is 0 Å². The average Bonchev–Trinajstić information content (AvgIpc) is 2.16. The van der Waals surface area contributed by atoms with Crippen LogP contribution >= 0.6 is 0 Å². The van der Waals surface area contributed by atoms with E-state index in [0.717, 1.165) is 13.0 Å². The van der Waals surface area contributed by atoms with Crippen LogP contribution in [-0.2, 0) is 4.79 Å². The van der Waals surface area contributed by atoms with E-state index in [1.165, 1.54) is 13.1 Å². The van der Waals surface area contributed by atoms with E-state index in [0.29, 0.717) is 13.0 Å². The van der Waals surface area contributed by atoms with Crippen molar-refractivity contribution in [2.24, 2.45) is 5.73 Å². The van der Waals surface area contributed by atoms with E-state index in [-0.39, 0.29) is 0 Å². The van der Waals surface area contributed by atoms with Crippen molar-refractivity contribution >= 4 is 12.2 Å². The molecule has 0 saturated heterocycles. The van der Waals surface area contributed by atoms with E-state index >= 15 is 0 Å². The van der Waals surface area contributed by atoms with Crippen molar-refractivity contribution in [1.82, 2.24) is 5.32 Å². The maximum atomic E-state index is 10.6. The SMILES string of the molecule is C[C@](N)(C/C=C\CCNCC=N)C(=O)O. The molecule has 0 unspecified atom stereocenters. The smallest absolute Gasteiger partial charge is 0.323 e. The molecule has 0 rings (SSSR count). The van der Waals surface area contributed by atoms with Crippen molar-refractivity contribution in [3.8, 4) is 0 Å². The van der Waals surface area contributed by atoms with Gasteiger partial charge in [-0.2, -0.15) is 0 Å². The van der Waals surface area contributed by atoms with E-state index in [2.05, 4.69) is 5.32 Å². The monoisotopic (exact) mass is 213 g/mol. The average molecular weight is 213 g/mol. The summed E-state index contributed by atoms with van der Waals surface area (Å²) in [5.74, 6) is -0.992. The first kappa shape index (κ1) is 13.8. The summed E-state index contributed by atoms with van der Waals surface area (Å²) < 4.78 is 0. The Kier molecular flexibility index (Phi) is 6.57. The first-order valence-corrected chi connectivity index (χ1v) is 4.87. The van der Waals surface area contributed by atoms with Crippen LogP contribution in [0, 0.1) is 5.41 Å². The van der Waals surface area contributed by atoms with Gasteiger partial charge in [-0.15, -0.1) is 0 Å². The van der Waals surface area contributed by atoms with Crippen molar-refractivity contribution in [3.63, 3.8) is 0 Å². The van der Waals surface area contributed by atoms with Gasteiger partial charge in [0.15, 0.2) is 0 Å². The minimum atomic E-state index is -1.18. The fourth-order valence-electron chi connectivity index (χ4n) is 0.893. The summed E-state index contributed by atoms with van der Waals surface area (Å²) in [6.45, 7) is 2.84. The van der Waals surface area contributed by atoms with Gasteiger partial charge in [0.2, 0.25) is 0 Å². The Hall–Kier alpha value is -1.20. The molecular formula is C10H19N3O2. The summed E-state index contributed by atoms with van der Waals surface area (Å²) in [4.78, 5) is 10.6. The zero-order valence-corrected chi connectivity index (χ0v) is 8.99. The molecule has 0 aliphatic rings. The van der Waals surface area contributed by atoms with Gasteiger partial charge in [0.1, 0.15) is 5.54 Å². The number of hydrogen-bond donors (Lipinski definition) is 4. The largest absolute Gasteiger partial charge is 0.480 e. The van der Waals surface area contributed by atoms with Crippen molar-refractivity contribution in [2.75, 3.05) is 13.1 Å². The highest BCUT2D eigenvalue weighted by Crippen LogP contribution is 2.06. The summed E-state index contributed by atoms with van der Waals surface area (Å²) in [6, 6.07) is 0. The lowest BCUT2D eigenvalue weighted by Gasteiger charge is -2.16. The fraction of sp³-hybridized carbons (Fsp3) is 0.600. The lowest BCUT2D eigenvalue weighted by molar-refractivity contribution is -0.142. The van der Waals surface area contributed by atoms with Crippen LogP contribution in [0.3, 0.4) is 0 Å². The Bertz CT molecular complexity index is 237. The van der Waals surface area contributed by atoms with E-state index in [1.807, 2.05) is 6.08 Å². The third-order valence-electron chi connectivity index (χ3n) is 1.93. The van der Waals surface area contributed by atoms with Crippen molar-refractivity contribution in [2.45, 2.75) is 25.3 Å². The van der Waals surface area contributed by atoms with Gasteiger partial charge >= 0.3 is 5.97 Å². The minimum Gasteiger partial charge on any atom is -0.480 e. The number of carbonyl (C=O) groups is 1. The van der Waals surface area contributed by atoms with Crippen LogP contribution in [0.25, 0.3) is 0 Å². The Morgan fingerprint density at radius 1 is 1.60 bits per heavy atom. The van der Waals surface area contributed by atoms with E-state index < -0.39 is 11.5 Å². The second-order valence-corrected chi connectivity index (χ2v) is 3.60. The van der Waals surface area contributed by atoms with Gasteiger partial charge in [-0.25, -0.2) is 0 Å². The number of carboxylic acid groups (broad SMARTS) is 1. The molecule has 0 heterocycles. The molecule has 0 aliphatic heterocycles. The number of hydrogen-bond acceptors (Lipinski definition) is 4. The Balaban J connectivity index is 3.62. The Morgan fingerprint density at radius 3 is 2.80 bits per heavy atom. The van der Waals surface area contributed by atoms with Crippen LogP contribution in [0.4, 0.5) is 0 Å². The zero-order valence-electron chi connectivity index (χ0n) is 8.99. The molecule has 5 heteroatoms. The Morgan fingerprint density at radius 2 is 2.27 bits per heavy atom. The van der Waals surface area contributed by atoms with E-state index in [9.17, 15) is 4.79 Å². The summed E-state index contributed by atoms with van der Waals surface area (Å²) in [6.07, 6.45) is 6.10. The highest BCUT2D eigenvalue weighted by atomic mass is 16.4. The van der Waals surface area contributed by atoms with Gasteiger partial charge in [-0.3, -0.25) is 4.79 Å². The highest BCUT2D eigenvalue weighted by molar-refractivity contribution is 5.78. The van der Waals surface area contributed by atoms with Crippen LogP contribution in [0.15, 0.2) is 12.2 Å². The van der Waals surface area contributed by atoms with Gasteiger partial charge in [0.25, 0.3) is 0 Å². The van der Waals surface area contributed by atoms with Crippen LogP contribution in [-0.4, -0.2) is 35.9 Å². The number of nitrogens with one attached hydrogen (secondary N) is 2. The molecule has 0 spiro atoms. The number of rotatable bonds is 8. The third kappa shape index (κ3) is 6.82. The molecule has 0 saturated carbocycles. The van der Waals surface area contributed by atoms with Crippen LogP contribution in [0.1, 0.15) is 19.8 Å². The summed E-state index contributed by atoms with van der Waals surface area (Å²) >= 11 is 0. The number of carboxylic acids is 1. The lowest BCUT2D eigenvalue weighted by atomic mass is 9.99. The molecule has 0 aromatic heterocycles. The molecule has 0 amide bonds. The molecule has 5 nitrogen and oxygen atoms in total. The second kappa shape index (κ2) is 7.14. The minimum absolute atomic E-state index is 0.326. The van der Waals surface area contributed by atoms with Gasteiger partial charge < -0.3 is 21.6 Å². The van der Waals surface area contributed by atoms with Crippen LogP contribution < -0.4 is 11.1 Å². The van der Waals surface area contributed by atoms with Crippen molar-refractivity contribution in [1.29, 1.82) is 5.41 Å². The molecule has 0 fully saturated rings. The normalized spacial score (nSPS) is 15.1. The fourth-order valence-corrected chi connectivity index (χ4v) is 0.893. The first-order chi connectivity index (χ1) is 7.00. The van der Waals surface area contributed by atoms with Gasteiger partial charge in [0, 0.05) is 12.8 Å². The molecule has 0 aliphatic carbocycles. The molecule has 0 aromatic rings. The molecule has 86 valence electrons. The van der Waals surface area contributed by atoms with Crippen LogP contribution in [0.5, 0.6) is 0 Å². The zero-order chi connectivity index (χ0) is 11.7. The maximum absolute atomic E-state index is 10.6. The quantitative estimate of drug-likeness (QED) is 0.266. The third-order valence-corrected chi connectivity index (χ3v) is 1.93.